The van der Waals surface area contributed by atoms with Gasteiger partial charge in [0.05, 0.1) is 18.8 Å². The summed E-state index contributed by atoms with van der Waals surface area (Å²) in [5.74, 6) is 3.50. The van der Waals surface area contributed by atoms with Crippen molar-refractivity contribution in [3.05, 3.63) is 36.8 Å². The molecule has 1 amide bonds. The Morgan fingerprint density at radius 3 is 2.59 bits per heavy atom. The van der Waals surface area contributed by atoms with Crippen LogP contribution in [-0.2, 0) is 4.79 Å². The quantitative estimate of drug-likeness (QED) is 0.468. The fourth-order valence-electron chi connectivity index (χ4n) is 5.20. The van der Waals surface area contributed by atoms with Gasteiger partial charge in [-0.15, -0.1) is 0 Å². The Bertz CT molecular complexity index is 1240. The summed E-state index contributed by atoms with van der Waals surface area (Å²) in [6.45, 7) is 4.45. The lowest BCUT2D eigenvalue weighted by Gasteiger charge is -2.34. The van der Waals surface area contributed by atoms with Crippen LogP contribution in [0.4, 0.5) is 17.3 Å². The van der Waals surface area contributed by atoms with E-state index >= 15 is 0 Å². The third-order valence-corrected chi connectivity index (χ3v) is 7.55. The second-order valence-corrected chi connectivity index (χ2v) is 9.91. The monoisotopic (exact) mass is 504 g/mol. The third-order valence-electron chi connectivity index (χ3n) is 7.55. The van der Waals surface area contributed by atoms with Crippen LogP contribution in [0.2, 0.25) is 0 Å². The summed E-state index contributed by atoms with van der Waals surface area (Å²) in [4.78, 5) is 30.2. The molecule has 196 valence electrons. The van der Waals surface area contributed by atoms with Crippen LogP contribution in [0.3, 0.4) is 0 Å². The molecule has 2 fully saturated rings. The molecule has 5 rings (SSSR count). The maximum absolute atomic E-state index is 12.7. The molecule has 0 unspecified atom stereocenters. The topological polar surface area (TPSA) is 92.7 Å². The minimum Gasteiger partial charge on any atom is -0.493 e. The van der Waals surface area contributed by atoms with Gasteiger partial charge in [0.25, 0.3) is 0 Å². The molecule has 1 aromatic carbocycles. The van der Waals surface area contributed by atoms with Gasteiger partial charge in [-0.2, -0.15) is 0 Å². The minimum absolute atomic E-state index is 0.0626. The standard InChI is InChI=1S/C28H36N6O3/c1-4-33(2)26-16-22-23(17-29-26)30-18-31-27(22)32-20-9-10-24(25(15-20)36-3)37-21-11-13-34(14-12-21)28(35)19-7-5-6-8-19/h9-10,15-19,21H,4-8,11-14H2,1-3H3,(H,30,31,32). The highest BCUT2D eigenvalue weighted by atomic mass is 16.5. The highest BCUT2D eigenvalue weighted by Gasteiger charge is 2.30. The SMILES string of the molecule is CCN(C)c1cc2c(Nc3ccc(OC4CCN(C(=O)C5CCCC5)CC4)c(OC)c3)ncnc2cn1. The van der Waals surface area contributed by atoms with Crippen LogP contribution in [0.15, 0.2) is 36.8 Å². The first-order valence-electron chi connectivity index (χ1n) is 13.3. The van der Waals surface area contributed by atoms with Gasteiger partial charge in [0.15, 0.2) is 11.5 Å². The molecule has 9 nitrogen and oxygen atoms in total. The number of anilines is 3. The molecule has 9 heteroatoms. The van der Waals surface area contributed by atoms with E-state index in [1.165, 1.54) is 19.2 Å². The van der Waals surface area contributed by atoms with Gasteiger partial charge in [-0.3, -0.25) is 4.79 Å². The zero-order valence-corrected chi connectivity index (χ0v) is 21.9. The first-order valence-corrected chi connectivity index (χ1v) is 13.3. The number of rotatable bonds is 8. The maximum Gasteiger partial charge on any atom is 0.225 e. The van der Waals surface area contributed by atoms with Gasteiger partial charge >= 0.3 is 0 Å². The number of carbonyl (C=O) groups excluding carboxylic acids is 1. The van der Waals surface area contributed by atoms with Crippen LogP contribution in [0.25, 0.3) is 10.9 Å². The summed E-state index contributed by atoms with van der Waals surface area (Å²) >= 11 is 0. The summed E-state index contributed by atoms with van der Waals surface area (Å²) in [6.07, 6.45) is 9.49. The van der Waals surface area contributed by atoms with E-state index < -0.39 is 0 Å². The lowest BCUT2D eigenvalue weighted by atomic mass is 10.0. The van der Waals surface area contributed by atoms with E-state index in [0.29, 0.717) is 23.2 Å². The lowest BCUT2D eigenvalue weighted by molar-refractivity contribution is -0.137. The Kier molecular flexibility index (Phi) is 7.58. The highest BCUT2D eigenvalue weighted by Crippen LogP contribution is 2.35. The molecule has 1 saturated heterocycles. The van der Waals surface area contributed by atoms with Crippen LogP contribution in [0, 0.1) is 5.92 Å². The number of nitrogens with one attached hydrogen (secondary N) is 1. The van der Waals surface area contributed by atoms with Crippen molar-refractivity contribution in [1.82, 2.24) is 19.9 Å². The van der Waals surface area contributed by atoms with E-state index in [-0.39, 0.29) is 12.0 Å². The number of aromatic nitrogens is 3. The average molecular weight is 505 g/mol. The molecule has 1 N–H and O–H groups in total. The number of ether oxygens (including phenoxy) is 2. The number of benzene rings is 1. The van der Waals surface area contributed by atoms with Gasteiger partial charge in [-0.1, -0.05) is 12.8 Å². The van der Waals surface area contributed by atoms with E-state index in [2.05, 4.69) is 32.1 Å². The smallest absolute Gasteiger partial charge is 0.225 e. The zero-order chi connectivity index (χ0) is 25.8. The molecule has 2 aromatic heterocycles. The van der Waals surface area contributed by atoms with Crippen LogP contribution >= 0.6 is 0 Å². The lowest BCUT2D eigenvalue weighted by Crippen LogP contribution is -2.44. The predicted molar refractivity (Wildman–Crippen MR) is 145 cm³/mol. The van der Waals surface area contributed by atoms with Gasteiger partial charge in [0.2, 0.25) is 5.91 Å². The fraction of sp³-hybridized carbons (Fsp3) is 0.500. The summed E-state index contributed by atoms with van der Waals surface area (Å²) in [6, 6.07) is 7.81. The van der Waals surface area contributed by atoms with Gasteiger partial charge < -0.3 is 24.6 Å². The number of pyridine rings is 1. The van der Waals surface area contributed by atoms with Crippen LogP contribution < -0.4 is 19.7 Å². The molecule has 0 atom stereocenters. The summed E-state index contributed by atoms with van der Waals surface area (Å²) in [5.41, 5.74) is 1.61. The number of likely N-dealkylation sites (tertiary alicyclic amines) is 1. The molecule has 1 saturated carbocycles. The summed E-state index contributed by atoms with van der Waals surface area (Å²) in [7, 11) is 3.65. The van der Waals surface area contributed by atoms with Gasteiger partial charge in [0.1, 0.15) is 24.1 Å². The average Bonchev–Trinajstić information content (AvgIpc) is 3.48. The second kappa shape index (κ2) is 11.2. The fourth-order valence-corrected chi connectivity index (χ4v) is 5.20. The molecule has 3 aromatic rings. The Morgan fingerprint density at radius 1 is 1.08 bits per heavy atom. The van der Waals surface area contributed by atoms with E-state index in [0.717, 1.165) is 67.7 Å². The van der Waals surface area contributed by atoms with E-state index in [9.17, 15) is 4.79 Å². The number of hydrogen-bond acceptors (Lipinski definition) is 8. The molecule has 3 heterocycles. The van der Waals surface area contributed by atoms with Crippen molar-refractivity contribution in [2.75, 3.05) is 44.0 Å². The minimum atomic E-state index is 0.0626. The molecular formula is C28H36N6O3. The largest absolute Gasteiger partial charge is 0.493 e. The Labute approximate surface area is 218 Å². The molecule has 37 heavy (non-hydrogen) atoms. The number of fused-ring (bicyclic) bond motifs is 1. The van der Waals surface area contributed by atoms with E-state index in [1.54, 1.807) is 13.3 Å². The van der Waals surface area contributed by atoms with Crippen LogP contribution in [-0.4, -0.2) is 65.7 Å². The van der Waals surface area contributed by atoms with Crippen molar-refractivity contribution in [2.24, 2.45) is 5.92 Å². The summed E-state index contributed by atoms with van der Waals surface area (Å²) < 4.78 is 12.0. The first-order chi connectivity index (χ1) is 18.1. The maximum atomic E-state index is 12.7. The Hall–Kier alpha value is -3.62. The second-order valence-electron chi connectivity index (χ2n) is 9.91. The number of amides is 1. The predicted octanol–water partition coefficient (Wildman–Crippen LogP) is 4.79. The molecule has 1 aliphatic heterocycles. The molecular weight excluding hydrogens is 468 g/mol. The van der Waals surface area contributed by atoms with Crippen molar-refractivity contribution in [1.29, 1.82) is 0 Å². The van der Waals surface area contributed by atoms with E-state index in [4.69, 9.17) is 9.47 Å². The van der Waals surface area contributed by atoms with Crippen molar-refractivity contribution in [3.8, 4) is 11.5 Å². The molecule has 0 radical (unpaired) electrons. The molecule has 0 spiro atoms. The highest BCUT2D eigenvalue weighted by molar-refractivity contribution is 5.92. The van der Waals surface area contributed by atoms with Crippen molar-refractivity contribution in [3.63, 3.8) is 0 Å². The summed E-state index contributed by atoms with van der Waals surface area (Å²) in [5, 5.41) is 4.30. The third kappa shape index (κ3) is 5.55. The normalized spacial score (nSPS) is 16.7. The Morgan fingerprint density at radius 2 is 1.86 bits per heavy atom. The van der Waals surface area contributed by atoms with Crippen molar-refractivity contribution in [2.45, 2.75) is 51.6 Å². The number of methoxy groups -OCH3 is 1. The Balaban J connectivity index is 1.26. The first kappa shape index (κ1) is 25.0. The van der Waals surface area contributed by atoms with Gasteiger partial charge in [0, 0.05) is 62.6 Å². The van der Waals surface area contributed by atoms with Gasteiger partial charge in [-0.25, -0.2) is 15.0 Å². The number of piperidine rings is 1. The number of hydrogen-bond donors (Lipinski definition) is 1. The van der Waals surface area contributed by atoms with Gasteiger partial charge in [-0.05, 0) is 38.0 Å². The van der Waals surface area contributed by atoms with Crippen molar-refractivity contribution >= 4 is 34.1 Å². The molecule has 2 aliphatic rings. The molecule has 1 aliphatic carbocycles. The zero-order valence-electron chi connectivity index (χ0n) is 21.9. The van der Waals surface area contributed by atoms with Crippen LogP contribution in [0.1, 0.15) is 45.4 Å². The number of nitrogens with zero attached hydrogens (tertiary/aromatic N) is 5. The van der Waals surface area contributed by atoms with E-state index in [1.807, 2.05) is 36.2 Å². The number of carbonyl (C=O) groups is 1. The van der Waals surface area contributed by atoms with Crippen molar-refractivity contribution < 1.29 is 14.3 Å². The van der Waals surface area contributed by atoms with Crippen LogP contribution in [0.5, 0.6) is 11.5 Å². The molecule has 0 bridgehead atoms.